The van der Waals surface area contributed by atoms with Crippen LogP contribution < -0.4 is 26.2 Å². The van der Waals surface area contributed by atoms with Gasteiger partial charge in [-0.05, 0) is 105 Å². The highest BCUT2D eigenvalue weighted by Gasteiger charge is 2.34. The molecule has 0 aromatic carbocycles. The highest BCUT2D eigenvalue weighted by atomic mass is 79.9. The van der Waals surface area contributed by atoms with Gasteiger partial charge in [0.25, 0.3) is 11.1 Å². The number of carbonyl (C=O) groups excluding carboxylic acids is 3. The standard InChI is InChI=1S/C25H30BrF3N8O4.C16H23BrN6O3/c1-6-16-19(34-9-11-35(12-10-34)23(40)41-24(3,4)5)20(39)37-22(32-21(26)33-37)36(16)13-18(38)31-15-7-8-17(25(27,28)29)30-14(15)2;1-5-10-11(12(24)23-14(18-10)19-13(17)20-23)21-6-8-22(9-7-21)15(25)26-16(2,3)4/h7-8H,6,9-13H2,1-5H3,(H,31,38);5-9H2,1-4H3,(H,18,19,20). The smallest absolute Gasteiger partial charge is 0.433 e. The lowest BCUT2D eigenvalue weighted by Crippen LogP contribution is -2.51. The second kappa shape index (κ2) is 19.8. The van der Waals surface area contributed by atoms with Crippen LogP contribution in [0.4, 0.5) is 39.8 Å². The van der Waals surface area contributed by atoms with Gasteiger partial charge in [-0.3, -0.25) is 14.4 Å². The van der Waals surface area contributed by atoms with Crippen molar-refractivity contribution < 1.29 is 37.0 Å². The molecule has 0 bridgehead atoms. The van der Waals surface area contributed by atoms with Gasteiger partial charge in [-0.25, -0.2) is 14.6 Å². The van der Waals surface area contributed by atoms with Crippen molar-refractivity contribution >= 4 is 78.6 Å². The van der Waals surface area contributed by atoms with Gasteiger partial charge in [0, 0.05) is 58.1 Å². The number of fused-ring (bicyclic) bond motifs is 2. The Labute approximate surface area is 399 Å². The molecule has 364 valence electrons. The maximum atomic E-state index is 13.6. The van der Waals surface area contributed by atoms with Crippen LogP contribution in [0.3, 0.4) is 0 Å². The van der Waals surface area contributed by atoms with Crippen LogP contribution in [0.1, 0.15) is 78.2 Å². The van der Waals surface area contributed by atoms with E-state index in [-0.39, 0.29) is 40.1 Å². The number of H-pyrrole nitrogens is 1. The Morgan fingerprint density at radius 3 is 1.73 bits per heavy atom. The molecular formula is C41H53Br2F3N14O7. The third kappa shape index (κ3) is 11.9. The lowest BCUT2D eigenvalue weighted by molar-refractivity contribution is -0.141. The Kier molecular flexibility index (Phi) is 15.0. The molecule has 5 aromatic rings. The largest absolute Gasteiger partial charge is 0.444 e. The van der Waals surface area contributed by atoms with Crippen molar-refractivity contribution in [3.8, 4) is 0 Å². The first-order chi connectivity index (χ1) is 31.3. The van der Waals surface area contributed by atoms with Crippen LogP contribution in [0.2, 0.25) is 0 Å². The van der Waals surface area contributed by atoms with E-state index in [1.807, 2.05) is 44.4 Å². The van der Waals surface area contributed by atoms with Crippen LogP contribution >= 0.6 is 31.9 Å². The molecule has 3 amide bonds. The molecule has 0 aliphatic carbocycles. The van der Waals surface area contributed by atoms with Gasteiger partial charge in [-0.15, -0.1) is 10.2 Å². The Bertz CT molecular complexity index is 2780. The summed E-state index contributed by atoms with van der Waals surface area (Å²) in [5.74, 6) is -0.0307. The quantitative estimate of drug-likeness (QED) is 0.208. The fraction of sp³-hybridized carbons (Fsp3) is 0.561. The summed E-state index contributed by atoms with van der Waals surface area (Å²) in [5, 5.41) is 10.9. The summed E-state index contributed by atoms with van der Waals surface area (Å²) >= 11 is 6.39. The lowest BCUT2D eigenvalue weighted by Gasteiger charge is -2.37. The molecule has 0 unspecified atom stereocenters. The summed E-state index contributed by atoms with van der Waals surface area (Å²) in [6.07, 6.45) is -4.35. The Balaban J connectivity index is 0.000000244. The Morgan fingerprint density at radius 1 is 0.731 bits per heavy atom. The number of aryl methyl sites for hydroxylation is 2. The number of aromatic amines is 1. The summed E-state index contributed by atoms with van der Waals surface area (Å²) in [7, 11) is 0. The van der Waals surface area contributed by atoms with Gasteiger partial charge in [-0.1, -0.05) is 13.8 Å². The first-order valence-corrected chi connectivity index (χ1v) is 23.0. The molecule has 2 N–H and O–H groups in total. The van der Waals surface area contributed by atoms with Crippen molar-refractivity contribution in [3.63, 3.8) is 0 Å². The first-order valence-electron chi connectivity index (χ1n) is 21.4. The molecule has 26 heteroatoms. The predicted octanol–water partition coefficient (Wildman–Crippen LogP) is 5.43. The topological polar surface area (TPSA) is 223 Å². The zero-order valence-corrected chi connectivity index (χ0v) is 41.7. The van der Waals surface area contributed by atoms with Crippen molar-refractivity contribution in [1.82, 2.24) is 53.5 Å². The Morgan fingerprint density at radius 2 is 1.24 bits per heavy atom. The van der Waals surface area contributed by atoms with Crippen molar-refractivity contribution in [2.24, 2.45) is 0 Å². The summed E-state index contributed by atoms with van der Waals surface area (Å²) in [6.45, 7) is 19.2. The van der Waals surface area contributed by atoms with Crippen LogP contribution in [-0.2, 0) is 39.8 Å². The van der Waals surface area contributed by atoms with Crippen molar-refractivity contribution in [1.29, 1.82) is 0 Å². The number of pyridine rings is 1. The van der Waals surface area contributed by atoms with Gasteiger partial charge in [-0.2, -0.15) is 32.2 Å². The second-order valence-electron chi connectivity index (χ2n) is 17.6. The summed E-state index contributed by atoms with van der Waals surface area (Å²) < 4.78 is 54.3. The highest BCUT2D eigenvalue weighted by molar-refractivity contribution is 9.10. The number of aromatic nitrogens is 9. The van der Waals surface area contributed by atoms with E-state index in [0.29, 0.717) is 92.8 Å². The number of amides is 3. The SMILES string of the molecule is CCc1[nH]c2nc(Br)nn2c(=O)c1N1CCN(C(=O)OC(C)(C)C)CC1.CCc1c(N2CCN(C(=O)OC(C)(C)C)CC2)c(=O)n2nc(Br)nc2n1CC(=O)Nc1ccc(C(F)(F)F)nc1C. The fourth-order valence-corrected chi connectivity index (χ4v) is 8.13. The van der Waals surface area contributed by atoms with E-state index >= 15 is 0 Å². The van der Waals surface area contributed by atoms with Gasteiger partial charge < -0.3 is 43.9 Å². The van der Waals surface area contributed by atoms with Crippen LogP contribution in [0.5, 0.6) is 0 Å². The van der Waals surface area contributed by atoms with Crippen LogP contribution in [0.15, 0.2) is 31.2 Å². The predicted molar refractivity (Wildman–Crippen MR) is 248 cm³/mol. The Hall–Kier alpha value is -5.79. The number of nitrogens with one attached hydrogen (secondary N) is 2. The average Bonchev–Trinajstić information content (AvgIpc) is 3.83. The number of hydrogen-bond acceptors (Lipinski definition) is 14. The van der Waals surface area contributed by atoms with E-state index in [0.717, 1.165) is 22.3 Å². The zero-order chi connectivity index (χ0) is 49.3. The van der Waals surface area contributed by atoms with Crippen molar-refractivity contribution in [2.75, 3.05) is 67.5 Å². The number of rotatable bonds is 7. The van der Waals surface area contributed by atoms with Crippen molar-refractivity contribution in [3.05, 3.63) is 65.1 Å². The maximum Gasteiger partial charge on any atom is 0.433 e. The molecule has 7 rings (SSSR count). The number of alkyl halides is 3. The molecule has 5 aromatic heterocycles. The highest BCUT2D eigenvalue weighted by Crippen LogP contribution is 2.30. The maximum absolute atomic E-state index is 13.6. The lowest BCUT2D eigenvalue weighted by atomic mass is 10.2. The number of ether oxygens (including phenoxy) is 2. The molecule has 7 heterocycles. The third-order valence-electron chi connectivity index (χ3n) is 10.5. The fourth-order valence-electron chi connectivity index (χ4n) is 7.48. The molecule has 0 radical (unpaired) electrons. The van der Waals surface area contributed by atoms with E-state index in [9.17, 15) is 37.1 Å². The zero-order valence-electron chi connectivity index (χ0n) is 38.5. The van der Waals surface area contributed by atoms with E-state index in [2.05, 4.69) is 67.3 Å². The molecule has 2 fully saturated rings. The van der Waals surface area contributed by atoms with E-state index < -0.39 is 40.6 Å². The average molecular weight is 1070 g/mol. The van der Waals surface area contributed by atoms with Gasteiger partial charge in [0.15, 0.2) is 0 Å². The second-order valence-corrected chi connectivity index (χ2v) is 19.1. The number of halogens is 5. The number of piperazine rings is 2. The summed E-state index contributed by atoms with van der Waals surface area (Å²) in [6, 6.07) is 1.94. The van der Waals surface area contributed by atoms with E-state index in [4.69, 9.17) is 9.47 Å². The summed E-state index contributed by atoms with van der Waals surface area (Å²) in [5.41, 5.74) is -0.499. The number of carbonyl (C=O) groups is 3. The molecule has 21 nitrogen and oxygen atoms in total. The van der Waals surface area contributed by atoms with Crippen LogP contribution in [0.25, 0.3) is 11.6 Å². The molecule has 67 heavy (non-hydrogen) atoms. The minimum absolute atomic E-state index is 0.00251. The van der Waals surface area contributed by atoms with Gasteiger partial charge in [0.2, 0.25) is 26.9 Å². The molecule has 0 saturated carbocycles. The molecule has 0 atom stereocenters. The monoisotopic (exact) mass is 1070 g/mol. The van der Waals surface area contributed by atoms with Crippen LogP contribution in [0, 0.1) is 6.92 Å². The molecule has 2 aliphatic rings. The third-order valence-corrected chi connectivity index (χ3v) is 11.1. The first kappa shape index (κ1) is 50.6. The number of anilines is 3. The van der Waals surface area contributed by atoms with Gasteiger partial charge in [0.1, 0.15) is 34.8 Å². The molecular weight excluding hydrogens is 1020 g/mol. The van der Waals surface area contributed by atoms with Gasteiger partial charge >= 0.3 is 18.4 Å². The molecule has 0 spiro atoms. The normalized spacial score (nSPS) is 14.9. The number of hydrogen-bond donors (Lipinski definition) is 2. The van der Waals surface area contributed by atoms with E-state index in [1.54, 1.807) is 35.1 Å². The number of nitrogens with zero attached hydrogens (tertiary/aromatic N) is 12. The van der Waals surface area contributed by atoms with E-state index in [1.165, 1.54) is 11.4 Å². The van der Waals surface area contributed by atoms with Crippen LogP contribution in [-0.4, -0.2) is 135 Å². The minimum atomic E-state index is -4.61. The molecule has 2 saturated heterocycles. The summed E-state index contributed by atoms with van der Waals surface area (Å²) in [4.78, 5) is 86.6. The van der Waals surface area contributed by atoms with Gasteiger partial charge in [0.05, 0.1) is 17.1 Å². The minimum Gasteiger partial charge on any atom is -0.444 e. The van der Waals surface area contributed by atoms with Crippen molar-refractivity contribution in [2.45, 2.75) is 99.1 Å². The molecule has 2 aliphatic heterocycles.